The number of hydrogen-bond acceptors (Lipinski definition) is 2. The van der Waals surface area contributed by atoms with Crippen molar-refractivity contribution < 1.29 is 70.1 Å². The van der Waals surface area contributed by atoms with Crippen LogP contribution >= 0.6 is 0 Å². The smallest absolute Gasteiger partial charge is 0.870 e. The molecule has 0 rings (SSSR count). The minimum atomic E-state index is 0. The van der Waals surface area contributed by atoms with E-state index in [-0.39, 0.29) is 70.1 Å². The summed E-state index contributed by atoms with van der Waals surface area (Å²) in [5.74, 6) is 0. The van der Waals surface area contributed by atoms with E-state index in [2.05, 4.69) is 13.8 Å². The number of rotatable bonds is 1. The van der Waals surface area contributed by atoms with Crippen LogP contribution in [0.1, 0.15) is 26.7 Å². The molecule has 0 radical (unpaired) electrons. The summed E-state index contributed by atoms with van der Waals surface area (Å²) in [7, 11) is 0. The van der Waals surface area contributed by atoms with Crippen LogP contribution in [-0.2, 0) is 0 Å². The van der Waals surface area contributed by atoms with Gasteiger partial charge in [-0.15, -0.1) is 0 Å². The standard InChI is InChI=1S/C4H10.2Na.2H2O/c1-3-4-2;;;;/h3-4H2,1-2H3;;;2*1H2/q;2*+1;;/p-2. The molecule has 0 saturated heterocycles. The third kappa shape index (κ3) is 44.5. The number of unbranched alkanes of at least 4 members (excludes halogenated alkanes) is 1. The second kappa shape index (κ2) is 36.4. The van der Waals surface area contributed by atoms with Crippen molar-refractivity contribution in [2.45, 2.75) is 26.7 Å². The van der Waals surface area contributed by atoms with Crippen LogP contribution in [0.25, 0.3) is 0 Å². The predicted molar refractivity (Wildman–Crippen MR) is 24.5 cm³/mol. The first-order valence-electron chi connectivity index (χ1n) is 1.91. The third-order valence-corrected chi connectivity index (χ3v) is 0.500. The van der Waals surface area contributed by atoms with Crippen molar-refractivity contribution in [2.75, 3.05) is 0 Å². The van der Waals surface area contributed by atoms with Crippen molar-refractivity contribution in [1.82, 2.24) is 0 Å². The molecule has 0 aromatic carbocycles. The molecule has 0 aliphatic carbocycles. The van der Waals surface area contributed by atoms with Gasteiger partial charge in [0, 0.05) is 0 Å². The van der Waals surface area contributed by atoms with Crippen LogP contribution in [0.15, 0.2) is 0 Å². The van der Waals surface area contributed by atoms with Gasteiger partial charge in [0.15, 0.2) is 0 Å². The molecule has 2 nitrogen and oxygen atoms in total. The molecule has 42 valence electrons. The van der Waals surface area contributed by atoms with Crippen molar-refractivity contribution in [2.24, 2.45) is 0 Å². The van der Waals surface area contributed by atoms with Crippen LogP contribution in [0.2, 0.25) is 0 Å². The molecular weight excluding hydrogens is 126 g/mol. The van der Waals surface area contributed by atoms with Crippen molar-refractivity contribution in [3.8, 4) is 0 Å². The van der Waals surface area contributed by atoms with Gasteiger partial charge in [-0.2, -0.15) is 0 Å². The normalized spacial score (nSPS) is 3.75. The van der Waals surface area contributed by atoms with Crippen molar-refractivity contribution >= 4 is 0 Å². The van der Waals surface area contributed by atoms with Crippen LogP contribution in [0, 0.1) is 0 Å². The Hall–Kier alpha value is 1.92. The van der Waals surface area contributed by atoms with E-state index in [9.17, 15) is 0 Å². The van der Waals surface area contributed by atoms with E-state index >= 15 is 0 Å². The maximum Gasteiger partial charge on any atom is 1.00 e. The van der Waals surface area contributed by atoms with E-state index in [1.54, 1.807) is 0 Å². The Kier molecular flexibility index (Phi) is 148. The molecule has 0 atom stereocenters. The summed E-state index contributed by atoms with van der Waals surface area (Å²) >= 11 is 0. The average Bonchev–Trinajstić information content (AvgIpc) is 1.37. The van der Waals surface area contributed by atoms with E-state index in [1.165, 1.54) is 12.8 Å². The Morgan fingerprint density at radius 1 is 0.750 bits per heavy atom. The van der Waals surface area contributed by atoms with Gasteiger partial charge < -0.3 is 11.0 Å². The van der Waals surface area contributed by atoms with Gasteiger partial charge in [0.05, 0.1) is 0 Å². The van der Waals surface area contributed by atoms with Crippen LogP contribution < -0.4 is 59.1 Å². The molecule has 0 fully saturated rings. The predicted octanol–water partition coefficient (Wildman–Crippen LogP) is -4.54. The monoisotopic (exact) mass is 138 g/mol. The summed E-state index contributed by atoms with van der Waals surface area (Å²) in [6.07, 6.45) is 2.64. The molecule has 8 heavy (non-hydrogen) atoms. The van der Waals surface area contributed by atoms with Gasteiger partial charge in [-0.25, -0.2) is 0 Å². The molecule has 0 aliphatic heterocycles. The molecule has 0 aromatic rings. The minimum absolute atomic E-state index is 0. The minimum Gasteiger partial charge on any atom is -0.870 e. The molecule has 0 bridgehead atoms. The van der Waals surface area contributed by atoms with Gasteiger partial charge in [-0.05, 0) is 0 Å². The molecule has 0 amide bonds. The van der Waals surface area contributed by atoms with E-state index in [0.29, 0.717) is 0 Å². The van der Waals surface area contributed by atoms with E-state index < -0.39 is 0 Å². The fourth-order valence-electron chi connectivity index (χ4n) is 0. The van der Waals surface area contributed by atoms with Crippen molar-refractivity contribution in [3.05, 3.63) is 0 Å². The fourth-order valence-corrected chi connectivity index (χ4v) is 0. The van der Waals surface area contributed by atoms with Gasteiger partial charge in [0.1, 0.15) is 0 Å². The third-order valence-electron chi connectivity index (χ3n) is 0.500. The van der Waals surface area contributed by atoms with E-state index in [0.717, 1.165) is 0 Å². The first-order valence-corrected chi connectivity index (χ1v) is 1.91. The summed E-state index contributed by atoms with van der Waals surface area (Å²) in [5, 5.41) is 0. The first kappa shape index (κ1) is 32.6. The van der Waals surface area contributed by atoms with Crippen LogP contribution in [0.5, 0.6) is 0 Å². The Bertz CT molecular complexity index is 14.0. The van der Waals surface area contributed by atoms with Gasteiger partial charge in [-0.1, -0.05) is 26.7 Å². The van der Waals surface area contributed by atoms with E-state index in [1.807, 2.05) is 0 Å². The summed E-state index contributed by atoms with van der Waals surface area (Å²) in [6.45, 7) is 4.36. The molecule has 0 unspecified atom stereocenters. The Morgan fingerprint density at radius 2 is 0.875 bits per heavy atom. The summed E-state index contributed by atoms with van der Waals surface area (Å²) in [4.78, 5) is 0. The molecule has 0 heterocycles. The Balaban J connectivity index is -0.00000000750. The Morgan fingerprint density at radius 3 is 0.875 bits per heavy atom. The maximum absolute atomic E-state index is 2.18. The van der Waals surface area contributed by atoms with Gasteiger partial charge in [0.25, 0.3) is 0 Å². The van der Waals surface area contributed by atoms with Crippen LogP contribution in [0.3, 0.4) is 0 Å². The van der Waals surface area contributed by atoms with Crippen LogP contribution in [-0.4, -0.2) is 11.0 Å². The fraction of sp³-hybridized carbons (Fsp3) is 1.00. The topological polar surface area (TPSA) is 60.0 Å². The molecule has 0 aliphatic rings. The first-order chi connectivity index (χ1) is 1.91. The summed E-state index contributed by atoms with van der Waals surface area (Å²) < 4.78 is 0. The molecule has 0 saturated carbocycles. The molecular formula is C4H12Na2O2. The van der Waals surface area contributed by atoms with Crippen molar-refractivity contribution in [3.63, 3.8) is 0 Å². The summed E-state index contributed by atoms with van der Waals surface area (Å²) in [5.41, 5.74) is 0. The van der Waals surface area contributed by atoms with Crippen molar-refractivity contribution in [1.29, 1.82) is 0 Å². The molecule has 0 spiro atoms. The molecule has 2 N–H and O–H groups in total. The second-order valence-corrected chi connectivity index (χ2v) is 1.000. The van der Waals surface area contributed by atoms with Gasteiger partial charge in [-0.3, -0.25) is 0 Å². The van der Waals surface area contributed by atoms with E-state index in [4.69, 9.17) is 0 Å². The zero-order valence-corrected chi connectivity index (χ0v) is 10.3. The maximum atomic E-state index is 2.18. The second-order valence-electron chi connectivity index (χ2n) is 1.000. The summed E-state index contributed by atoms with van der Waals surface area (Å²) in [6, 6.07) is 0. The number of hydrogen-bond donors (Lipinski definition) is 0. The largest absolute Gasteiger partial charge is 1.00 e. The zero-order chi connectivity index (χ0) is 3.41. The van der Waals surface area contributed by atoms with Crippen LogP contribution in [0.4, 0.5) is 0 Å². The zero-order valence-electron chi connectivity index (χ0n) is 6.31. The quantitative estimate of drug-likeness (QED) is 0.343. The van der Waals surface area contributed by atoms with Gasteiger partial charge in [0.2, 0.25) is 0 Å². The van der Waals surface area contributed by atoms with Gasteiger partial charge >= 0.3 is 59.1 Å². The molecule has 4 heteroatoms. The SMILES string of the molecule is CCCC.[Na+].[Na+].[OH-].[OH-]. The Labute approximate surface area is 95.6 Å². The molecule has 0 aromatic heterocycles. The average molecular weight is 138 g/mol.